The number of nitrogens with two attached hydrogens (primary N) is 1. The number of hydrogen-bond acceptors (Lipinski definition) is 5. The van der Waals surface area contributed by atoms with E-state index >= 15 is 0 Å². The first-order valence-electron chi connectivity index (χ1n) is 11.8. The summed E-state index contributed by atoms with van der Waals surface area (Å²) in [6.07, 6.45) is 13.5. The zero-order valence-electron chi connectivity index (χ0n) is 20.5. The van der Waals surface area contributed by atoms with Crippen molar-refractivity contribution in [2.75, 3.05) is 18.8 Å². The van der Waals surface area contributed by atoms with Crippen molar-refractivity contribution in [2.24, 2.45) is 7.05 Å². The van der Waals surface area contributed by atoms with Gasteiger partial charge < -0.3 is 16.0 Å². The standard InChI is InChI=1S/C28H30N6O2/c1-4-6-7-19(5-2)20-8-10-21(11-9-20)28(36)34-13-12-24(18-34)32-27(35)25-14-22(15-30-26(25)29)23-16-31-33(3)17-23/h4-11,14-17,24H,2,12-13,18H2,1,3H3,(H2,29,30)(H,32,35)/b6-4-,19-7+/t24-/m1/s1. The van der Waals surface area contributed by atoms with Gasteiger partial charge in [-0.1, -0.05) is 43.0 Å². The molecule has 3 heterocycles. The van der Waals surface area contributed by atoms with Gasteiger partial charge in [0, 0.05) is 55.3 Å². The van der Waals surface area contributed by atoms with Crippen molar-refractivity contribution in [3.05, 3.63) is 96.5 Å². The first-order chi connectivity index (χ1) is 17.4. The van der Waals surface area contributed by atoms with Gasteiger partial charge in [-0.05, 0) is 42.7 Å². The average molecular weight is 483 g/mol. The SMILES string of the molecule is C=C/C(=C\C=C/C)c1ccc(C(=O)N2CC[C@@H](NC(=O)c3cc(-c4cnn(C)c4)cnc3N)C2)cc1. The van der Waals surface area contributed by atoms with Crippen LogP contribution in [0.5, 0.6) is 0 Å². The summed E-state index contributed by atoms with van der Waals surface area (Å²) < 4.78 is 1.68. The molecule has 184 valence electrons. The van der Waals surface area contributed by atoms with Gasteiger partial charge >= 0.3 is 0 Å². The molecule has 1 aliphatic heterocycles. The fourth-order valence-corrected chi connectivity index (χ4v) is 4.18. The van der Waals surface area contributed by atoms with Crippen molar-refractivity contribution in [1.29, 1.82) is 0 Å². The monoisotopic (exact) mass is 482 g/mol. The number of rotatable bonds is 7. The number of nitrogens with zero attached hydrogens (tertiary/aromatic N) is 4. The van der Waals surface area contributed by atoms with Crippen molar-refractivity contribution in [3.8, 4) is 11.1 Å². The molecule has 1 atom stereocenters. The van der Waals surface area contributed by atoms with Gasteiger partial charge in [0.2, 0.25) is 0 Å². The van der Waals surface area contributed by atoms with Crippen LogP contribution in [0.25, 0.3) is 16.7 Å². The molecule has 1 saturated heterocycles. The highest BCUT2D eigenvalue weighted by molar-refractivity contribution is 6.00. The van der Waals surface area contributed by atoms with E-state index in [2.05, 4.69) is 22.0 Å². The second-order valence-electron chi connectivity index (χ2n) is 8.70. The number of aromatic nitrogens is 3. The lowest BCUT2D eigenvalue weighted by Crippen LogP contribution is -2.38. The summed E-state index contributed by atoms with van der Waals surface area (Å²) in [7, 11) is 1.82. The third kappa shape index (κ3) is 5.43. The number of benzene rings is 1. The highest BCUT2D eigenvalue weighted by atomic mass is 16.2. The maximum Gasteiger partial charge on any atom is 0.255 e. The molecule has 8 nitrogen and oxygen atoms in total. The summed E-state index contributed by atoms with van der Waals surface area (Å²) in [5.41, 5.74) is 10.5. The van der Waals surface area contributed by atoms with E-state index in [0.717, 1.165) is 22.3 Å². The summed E-state index contributed by atoms with van der Waals surface area (Å²) in [6.45, 7) is 6.81. The van der Waals surface area contributed by atoms with Crippen molar-refractivity contribution < 1.29 is 9.59 Å². The summed E-state index contributed by atoms with van der Waals surface area (Å²) in [4.78, 5) is 32.0. The number of nitrogen functional groups attached to an aromatic ring is 1. The predicted molar refractivity (Wildman–Crippen MR) is 142 cm³/mol. The molecule has 2 aromatic heterocycles. The fraction of sp³-hybridized carbons (Fsp3) is 0.214. The largest absolute Gasteiger partial charge is 0.383 e. The summed E-state index contributed by atoms with van der Waals surface area (Å²) >= 11 is 0. The Kier molecular flexibility index (Phi) is 7.44. The number of nitrogens with one attached hydrogen (secondary N) is 1. The van der Waals surface area contributed by atoms with Crippen LogP contribution >= 0.6 is 0 Å². The molecule has 4 rings (SSSR count). The van der Waals surface area contributed by atoms with E-state index in [1.54, 1.807) is 34.1 Å². The van der Waals surface area contributed by atoms with Crippen LogP contribution in [-0.4, -0.2) is 50.6 Å². The Bertz CT molecular complexity index is 1340. The molecule has 1 aliphatic rings. The number of carbonyl (C=O) groups excluding carboxylic acids is 2. The molecule has 1 fully saturated rings. The molecule has 0 saturated carbocycles. The van der Waals surface area contributed by atoms with Crippen LogP contribution in [0.3, 0.4) is 0 Å². The van der Waals surface area contributed by atoms with Gasteiger partial charge in [-0.3, -0.25) is 14.3 Å². The first-order valence-corrected chi connectivity index (χ1v) is 11.8. The lowest BCUT2D eigenvalue weighted by Gasteiger charge is -2.18. The van der Waals surface area contributed by atoms with Gasteiger partial charge in [0.15, 0.2) is 0 Å². The molecule has 1 aromatic carbocycles. The van der Waals surface area contributed by atoms with Crippen LogP contribution in [0.4, 0.5) is 5.82 Å². The number of likely N-dealkylation sites (tertiary alicyclic amines) is 1. The maximum atomic E-state index is 13.1. The zero-order chi connectivity index (χ0) is 25.7. The normalized spacial score (nSPS) is 15.9. The average Bonchev–Trinajstić information content (AvgIpc) is 3.54. The van der Waals surface area contributed by atoms with Gasteiger partial charge in [-0.2, -0.15) is 5.10 Å². The summed E-state index contributed by atoms with van der Waals surface area (Å²) in [6, 6.07) is 9.05. The van der Waals surface area contributed by atoms with Crippen LogP contribution in [0.1, 0.15) is 39.6 Å². The predicted octanol–water partition coefficient (Wildman–Crippen LogP) is 3.85. The molecular formula is C28H30N6O2. The molecule has 0 spiro atoms. The molecule has 0 unspecified atom stereocenters. The number of pyridine rings is 1. The van der Waals surface area contributed by atoms with Crippen molar-refractivity contribution in [1.82, 2.24) is 25.0 Å². The molecule has 36 heavy (non-hydrogen) atoms. The quantitative estimate of drug-likeness (QED) is 0.498. The topological polar surface area (TPSA) is 106 Å². The Balaban J connectivity index is 1.40. The Labute approximate surface area is 210 Å². The van der Waals surface area contributed by atoms with E-state index in [0.29, 0.717) is 30.6 Å². The van der Waals surface area contributed by atoms with Crippen molar-refractivity contribution in [2.45, 2.75) is 19.4 Å². The number of anilines is 1. The third-order valence-corrected chi connectivity index (χ3v) is 6.17. The van der Waals surface area contributed by atoms with Gasteiger partial charge in [0.1, 0.15) is 5.82 Å². The highest BCUT2D eigenvalue weighted by Crippen LogP contribution is 2.23. The van der Waals surface area contributed by atoms with Gasteiger partial charge in [-0.15, -0.1) is 0 Å². The molecule has 0 aliphatic carbocycles. The summed E-state index contributed by atoms with van der Waals surface area (Å²) in [5, 5.41) is 7.17. The lowest BCUT2D eigenvalue weighted by molar-refractivity contribution is 0.0783. The number of aryl methyl sites for hydroxylation is 1. The minimum atomic E-state index is -0.306. The maximum absolute atomic E-state index is 13.1. The zero-order valence-corrected chi connectivity index (χ0v) is 20.5. The Morgan fingerprint density at radius 2 is 1.92 bits per heavy atom. The second-order valence-corrected chi connectivity index (χ2v) is 8.70. The minimum Gasteiger partial charge on any atom is -0.383 e. The highest BCUT2D eigenvalue weighted by Gasteiger charge is 2.29. The van der Waals surface area contributed by atoms with Gasteiger partial charge in [0.05, 0.1) is 11.8 Å². The second kappa shape index (κ2) is 10.9. The van der Waals surface area contributed by atoms with Crippen molar-refractivity contribution >= 4 is 23.2 Å². The number of carbonyl (C=O) groups is 2. The smallest absolute Gasteiger partial charge is 0.255 e. The lowest BCUT2D eigenvalue weighted by atomic mass is 10.0. The van der Waals surface area contributed by atoms with Crippen LogP contribution in [-0.2, 0) is 7.05 Å². The molecule has 3 N–H and O–H groups in total. The third-order valence-electron chi connectivity index (χ3n) is 6.17. The number of allylic oxidation sites excluding steroid dienone is 5. The van der Waals surface area contributed by atoms with E-state index in [4.69, 9.17) is 5.73 Å². The van der Waals surface area contributed by atoms with Gasteiger partial charge in [-0.25, -0.2) is 4.98 Å². The van der Waals surface area contributed by atoms with Crippen LogP contribution in [0, 0.1) is 0 Å². The minimum absolute atomic E-state index is 0.0596. The molecule has 3 aromatic rings. The molecule has 8 heteroatoms. The Morgan fingerprint density at radius 3 is 2.58 bits per heavy atom. The van der Waals surface area contributed by atoms with Gasteiger partial charge in [0.25, 0.3) is 11.8 Å². The van der Waals surface area contributed by atoms with Crippen molar-refractivity contribution in [3.63, 3.8) is 0 Å². The molecule has 0 radical (unpaired) electrons. The number of hydrogen-bond donors (Lipinski definition) is 2. The van der Waals surface area contributed by atoms with E-state index in [-0.39, 0.29) is 23.7 Å². The first kappa shape index (κ1) is 24.7. The molecular weight excluding hydrogens is 452 g/mol. The Morgan fingerprint density at radius 1 is 1.17 bits per heavy atom. The van der Waals surface area contributed by atoms with Crippen LogP contribution in [0.2, 0.25) is 0 Å². The van der Waals surface area contributed by atoms with E-state index in [9.17, 15) is 9.59 Å². The van der Waals surface area contributed by atoms with Crippen LogP contribution < -0.4 is 11.1 Å². The van der Waals surface area contributed by atoms with Crippen LogP contribution in [0.15, 0.2) is 79.8 Å². The summed E-state index contributed by atoms with van der Waals surface area (Å²) in [5.74, 6) is -0.205. The van der Waals surface area contributed by atoms with E-state index in [1.807, 2.05) is 62.7 Å². The van der Waals surface area contributed by atoms with E-state index in [1.165, 1.54) is 0 Å². The Hall–Kier alpha value is -4.46. The van der Waals surface area contributed by atoms with E-state index < -0.39 is 0 Å². The number of amides is 2. The molecule has 2 amide bonds. The molecule has 0 bridgehead atoms. The fourth-order valence-electron chi connectivity index (χ4n) is 4.18.